The molecule has 2 fully saturated rings. The standard InChI is InChI=1S/C41H45FN10O6/c1-26-10-11-28(32(20-26)45-36(53)31-12-13-35(49-47-31)51-18-16-43-24-51)38(55)57-58-39(56)29-22-30(42)27(2)21-33(29)46-37(54)34-23-41(14-8-6-4-3-5-7-9-15-41)40(50-48-34)52-19-17-44-25-52/h10-13,16-22,24-25,34,40,48,50H,3-9,14-15,23H2,1-2H3,(H,45,53)(H,46,54). The largest absolute Gasteiger partial charge is 0.388 e. The summed E-state index contributed by atoms with van der Waals surface area (Å²) in [7, 11) is 0. The van der Waals surface area contributed by atoms with Crippen LogP contribution in [-0.4, -0.2) is 59.1 Å². The van der Waals surface area contributed by atoms with Gasteiger partial charge in [-0.15, -0.1) is 10.2 Å². The fraction of sp³-hybridized carbons (Fsp3) is 0.366. The number of benzene rings is 2. The molecule has 0 bridgehead atoms. The molecular weight excluding hydrogens is 748 g/mol. The van der Waals surface area contributed by atoms with Crippen molar-refractivity contribution in [2.45, 2.75) is 90.3 Å². The highest BCUT2D eigenvalue weighted by molar-refractivity contribution is 6.07. The van der Waals surface area contributed by atoms with Gasteiger partial charge >= 0.3 is 11.9 Å². The number of hydrogen-bond acceptors (Lipinski definition) is 12. The van der Waals surface area contributed by atoms with E-state index in [1.165, 1.54) is 56.8 Å². The highest BCUT2D eigenvalue weighted by Gasteiger charge is 2.46. The maximum absolute atomic E-state index is 15.0. The Labute approximate surface area is 333 Å². The van der Waals surface area contributed by atoms with Gasteiger partial charge in [0.05, 0.1) is 28.8 Å². The van der Waals surface area contributed by atoms with E-state index in [1.54, 1.807) is 48.5 Å². The molecule has 2 unspecified atom stereocenters. The van der Waals surface area contributed by atoms with Gasteiger partial charge in [-0.1, -0.05) is 51.0 Å². The van der Waals surface area contributed by atoms with Crippen molar-refractivity contribution in [1.29, 1.82) is 0 Å². The first-order valence-electron chi connectivity index (χ1n) is 19.4. The van der Waals surface area contributed by atoms with E-state index in [2.05, 4.69) is 41.7 Å². The molecule has 1 saturated heterocycles. The predicted molar refractivity (Wildman–Crippen MR) is 209 cm³/mol. The van der Waals surface area contributed by atoms with Crippen molar-refractivity contribution in [2.75, 3.05) is 10.6 Å². The number of aromatic nitrogens is 6. The van der Waals surface area contributed by atoms with Crippen LogP contribution in [0.5, 0.6) is 0 Å². The molecule has 2 amide bonds. The molecule has 16 nitrogen and oxygen atoms in total. The summed E-state index contributed by atoms with van der Waals surface area (Å²) in [5, 5.41) is 13.5. The second-order valence-electron chi connectivity index (χ2n) is 14.9. The van der Waals surface area contributed by atoms with E-state index in [1.807, 2.05) is 10.8 Å². The Balaban J connectivity index is 1.04. The van der Waals surface area contributed by atoms with Gasteiger partial charge in [-0.25, -0.2) is 44.6 Å². The highest BCUT2D eigenvalue weighted by atomic mass is 19.1. The third-order valence-corrected chi connectivity index (χ3v) is 10.8. The molecular formula is C41H45FN10O6. The fourth-order valence-corrected chi connectivity index (χ4v) is 7.76. The van der Waals surface area contributed by atoms with Crippen molar-refractivity contribution in [2.24, 2.45) is 5.41 Å². The molecule has 1 aliphatic carbocycles. The van der Waals surface area contributed by atoms with Crippen LogP contribution < -0.4 is 21.5 Å². The Bertz CT molecular complexity index is 2240. The van der Waals surface area contributed by atoms with Crippen LogP contribution in [0.15, 0.2) is 79.9 Å². The Morgan fingerprint density at radius 3 is 2.14 bits per heavy atom. The summed E-state index contributed by atoms with van der Waals surface area (Å²) < 4.78 is 18.6. The zero-order valence-electron chi connectivity index (χ0n) is 32.2. The van der Waals surface area contributed by atoms with Crippen LogP contribution in [0.3, 0.4) is 0 Å². The number of aryl methyl sites for hydroxylation is 2. The topological polar surface area (TPSA) is 196 Å². The van der Waals surface area contributed by atoms with Crippen molar-refractivity contribution in [3.8, 4) is 5.82 Å². The molecule has 0 radical (unpaired) electrons. The van der Waals surface area contributed by atoms with Gasteiger partial charge < -0.3 is 15.2 Å². The summed E-state index contributed by atoms with van der Waals surface area (Å²) in [5.74, 6) is -3.74. The molecule has 2 aliphatic rings. The molecule has 2 atom stereocenters. The summed E-state index contributed by atoms with van der Waals surface area (Å²) in [6.45, 7) is 3.25. The second kappa shape index (κ2) is 17.9. The van der Waals surface area contributed by atoms with Gasteiger partial charge in [0.1, 0.15) is 24.4 Å². The lowest BCUT2D eigenvalue weighted by atomic mass is 9.69. The second-order valence-corrected chi connectivity index (χ2v) is 14.9. The molecule has 302 valence electrons. The molecule has 1 spiro atoms. The summed E-state index contributed by atoms with van der Waals surface area (Å²) in [6, 6.07) is 9.11. The number of halogens is 1. The molecule has 1 aliphatic heterocycles. The summed E-state index contributed by atoms with van der Waals surface area (Å²) in [5.41, 5.74) is 6.66. The van der Waals surface area contributed by atoms with Gasteiger partial charge in [-0.2, -0.15) is 0 Å². The zero-order valence-corrected chi connectivity index (χ0v) is 32.2. The Morgan fingerprint density at radius 2 is 1.47 bits per heavy atom. The molecule has 17 heteroatoms. The van der Waals surface area contributed by atoms with Crippen LogP contribution >= 0.6 is 0 Å². The number of nitrogens with one attached hydrogen (secondary N) is 4. The Kier molecular flexibility index (Phi) is 12.3. The smallest absolute Gasteiger partial charge is 0.324 e. The lowest BCUT2D eigenvalue weighted by Crippen LogP contribution is -2.61. The van der Waals surface area contributed by atoms with Crippen molar-refractivity contribution >= 4 is 35.1 Å². The van der Waals surface area contributed by atoms with Gasteiger partial charge in [-0.05, 0) is 80.6 Å². The molecule has 58 heavy (non-hydrogen) atoms. The maximum atomic E-state index is 15.0. The van der Waals surface area contributed by atoms with Crippen molar-refractivity contribution in [3.63, 3.8) is 0 Å². The minimum atomic E-state index is -1.23. The average molecular weight is 793 g/mol. The number of hydrogen-bond donors (Lipinski definition) is 4. The van der Waals surface area contributed by atoms with Crippen LogP contribution in [0, 0.1) is 25.1 Å². The van der Waals surface area contributed by atoms with Crippen LogP contribution in [0.2, 0.25) is 0 Å². The monoisotopic (exact) mass is 792 g/mol. The van der Waals surface area contributed by atoms with Gasteiger partial charge in [0.25, 0.3) is 5.91 Å². The van der Waals surface area contributed by atoms with Crippen molar-refractivity contribution in [1.82, 2.24) is 40.2 Å². The fourth-order valence-electron chi connectivity index (χ4n) is 7.76. The zero-order chi connectivity index (χ0) is 40.6. The van der Waals surface area contributed by atoms with E-state index in [4.69, 9.17) is 9.78 Å². The summed E-state index contributed by atoms with van der Waals surface area (Å²) in [4.78, 5) is 72.0. The molecule has 2 aromatic carbocycles. The summed E-state index contributed by atoms with van der Waals surface area (Å²) in [6.07, 6.45) is 20.3. The lowest BCUT2D eigenvalue weighted by molar-refractivity contribution is -0.187. The average Bonchev–Trinajstić information content (AvgIpc) is 3.97. The van der Waals surface area contributed by atoms with Gasteiger partial charge in [0.15, 0.2) is 11.5 Å². The number of nitrogens with zero attached hydrogens (tertiary/aromatic N) is 6. The minimum Gasteiger partial charge on any atom is -0.324 e. The predicted octanol–water partition coefficient (Wildman–Crippen LogP) is 6.31. The number of carbonyl (C=O) groups is 4. The number of rotatable bonds is 8. The molecule has 7 rings (SSSR count). The molecule has 4 N–H and O–H groups in total. The molecule has 3 aromatic heterocycles. The third-order valence-electron chi connectivity index (χ3n) is 10.8. The number of carbonyl (C=O) groups excluding carboxylic acids is 4. The Morgan fingerprint density at radius 1 is 0.776 bits per heavy atom. The number of anilines is 2. The number of imidazole rings is 2. The number of amides is 2. The van der Waals surface area contributed by atoms with E-state index < -0.39 is 35.6 Å². The Hall–Kier alpha value is -6.33. The minimum absolute atomic E-state index is 0.0214. The van der Waals surface area contributed by atoms with Gasteiger partial charge in [0.2, 0.25) is 5.91 Å². The van der Waals surface area contributed by atoms with Crippen LogP contribution in [0.1, 0.15) is 113 Å². The van der Waals surface area contributed by atoms with Gasteiger partial charge in [0, 0.05) is 30.2 Å². The van der Waals surface area contributed by atoms with E-state index in [0.29, 0.717) is 17.8 Å². The van der Waals surface area contributed by atoms with Crippen molar-refractivity contribution in [3.05, 3.63) is 114 Å². The summed E-state index contributed by atoms with van der Waals surface area (Å²) >= 11 is 0. The normalized spacial score (nSPS) is 18.2. The first-order chi connectivity index (χ1) is 28.1. The molecule has 5 aromatic rings. The van der Waals surface area contributed by atoms with E-state index in [-0.39, 0.29) is 45.3 Å². The maximum Gasteiger partial charge on any atom is 0.388 e. The van der Waals surface area contributed by atoms with E-state index >= 15 is 0 Å². The van der Waals surface area contributed by atoms with Crippen LogP contribution in [0.25, 0.3) is 5.82 Å². The lowest BCUT2D eigenvalue weighted by Gasteiger charge is -2.48. The molecule has 1 saturated carbocycles. The van der Waals surface area contributed by atoms with E-state index in [0.717, 1.165) is 44.6 Å². The third kappa shape index (κ3) is 9.11. The first kappa shape index (κ1) is 39.9. The van der Waals surface area contributed by atoms with Crippen LogP contribution in [-0.2, 0) is 14.6 Å². The van der Waals surface area contributed by atoms with E-state index in [9.17, 15) is 23.6 Å². The number of hydrazine groups is 1. The first-order valence-corrected chi connectivity index (χ1v) is 19.4. The van der Waals surface area contributed by atoms with Gasteiger partial charge in [-0.3, -0.25) is 14.2 Å². The quantitative estimate of drug-likeness (QED) is 0.101. The SMILES string of the molecule is Cc1ccc(C(=O)OOC(=O)c2cc(F)c(C)cc2NC(=O)C2CC3(CCCCCCCCC3)C(n3ccnc3)NN2)c(NC(=O)c2ccc(-n3ccnc3)nn2)c1. The van der Waals surface area contributed by atoms with Crippen molar-refractivity contribution < 1.29 is 33.3 Å². The molecule has 4 heterocycles. The highest BCUT2D eigenvalue weighted by Crippen LogP contribution is 2.47. The van der Waals surface area contributed by atoms with Crippen LogP contribution in [0.4, 0.5) is 15.8 Å².